The van der Waals surface area contributed by atoms with Crippen molar-refractivity contribution in [1.29, 1.82) is 0 Å². The third-order valence-corrected chi connectivity index (χ3v) is 7.66. The second-order valence-corrected chi connectivity index (χ2v) is 10.6. The van der Waals surface area contributed by atoms with E-state index in [4.69, 9.17) is 40.2 Å². The van der Waals surface area contributed by atoms with E-state index in [-0.39, 0.29) is 18.0 Å². The minimum Gasteiger partial charge on any atom is -0.495 e. The van der Waals surface area contributed by atoms with Gasteiger partial charge in [-0.1, -0.05) is 29.3 Å². The minimum atomic E-state index is -0.253. The van der Waals surface area contributed by atoms with E-state index < -0.39 is 0 Å². The Kier molecular flexibility index (Phi) is 7.53. The molecule has 2 aromatic heterocycles. The van der Waals surface area contributed by atoms with Crippen molar-refractivity contribution in [2.24, 2.45) is 0 Å². The number of rotatable bonds is 6. The second kappa shape index (κ2) is 10.9. The highest BCUT2D eigenvalue weighted by Gasteiger charge is 2.42. The van der Waals surface area contributed by atoms with Gasteiger partial charge in [0.25, 0.3) is 0 Å². The van der Waals surface area contributed by atoms with E-state index in [1.807, 2.05) is 55.5 Å². The smallest absolute Gasteiger partial charge is 0.221 e. The van der Waals surface area contributed by atoms with Crippen LogP contribution in [0.3, 0.4) is 0 Å². The van der Waals surface area contributed by atoms with Gasteiger partial charge < -0.3 is 24.8 Å². The largest absolute Gasteiger partial charge is 0.495 e. The fourth-order valence-corrected chi connectivity index (χ4v) is 6.04. The second-order valence-electron chi connectivity index (χ2n) is 9.32. The molecule has 10 heteroatoms. The topological polar surface area (TPSA) is 71.4 Å². The molecule has 7 nitrogen and oxygen atoms in total. The average molecular weight is 581 g/mol. The van der Waals surface area contributed by atoms with Crippen molar-refractivity contribution in [2.45, 2.75) is 32.9 Å². The number of hydrogen-bond donors (Lipinski definition) is 2. The summed E-state index contributed by atoms with van der Waals surface area (Å²) in [5.74, 6) is 0.360. The van der Waals surface area contributed by atoms with E-state index in [0.29, 0.717) is 26.6 Å². The molecule has 1 fully saturated rings. The van der Waals surface area contributed by atoms with E-state index in [0.717, 1.165) is 34.0 Å². The number of ether oxygens (including phenoxy) is 1. The first kappa shape index (κ1) is 27.0. The Labute approximate surface area is 242 Å². The molecule has 0 spiro atoms. The Morgan fingerprint density at radius 3 is 2.56 bits per heavy atom. The fraction of sp³-hybridized carbons (Fsp3) is 0.207. The molecule has 3 heterocycles. The van der Waals surface area contributed by atoms with Crippen molar-refractivity contribution < 1.29 is 9.53 Å². The quantitative estimate of drug-likeness (QED) is 0.241. The fourth-order valence-electron chi connectivity index (χ4n) is 5.20. The van der Waals surface area contributed by atoms with Gasteiger partial charge in [-0.2, -0.15) is 0 Å². The molecule has 0 aliphatic carbocycles. The van der Waals surface area contributed by atoms with Gasteiger partial charge >= 0.3 is 0 Å². The first-order chi connectivity index (χ1) is 18.7. The number of nitrogens with zero attached hydrogens (tertiary/aromatic N) is 3. The number of nitrogens with one attached hydrogen (secondary N) is 2. The molecule has 0 unspecified atom stereocenters. The van der Waals surface area contributed by atoms with E-state index in [2.05, 4.69) is 38.1 Å². The molecule has 5 rings (SSSR count). The number of benzene rings is 2. The lowest BCUT2D eigenvalue weighted by Gasteiger charge is -2.29. The molecule has 200 valence electrons. The van der Waals surface area contributed by atoms with E-state index >= 15 is 0 Å². The lowest BCUT2D eigenvalue weighted by atomic mass is 9.96. The molecular formula is C29H27Cl2N5O2S. The van der Waals surface area contributed by atoms with Crippen LogP contribution in [0.2, 0.25) is 10.0 Å². The number of hydrogen-bond acceptors (Lipinski definition) is 4. The Bertz CT molecular complexity index is 1570. The SMILES string of the molecule is COc1ccc(N2C(=S)N[C@H](c3ccccn3)[C@H]2c2cc(C)n(-c3ccc(Cl)cc3Cl)c2C)cc1NC(C)=O. The minimum absolute atomic E-state index is 0.195. The molecule has 0 saturated carbocycles. The standard InChI is InChI=1S/C29H27Cl2N5O2S/c1-16-13-21(17(2)35(16)25-10-8-19(30)14-22(25)31)28-27(23-7-5-6-12-32-23)34-29(39)36(28)20-9-11-26(38-4)24(15-20)33-18(3)37/h5-15,27-28H,1-4H3,(H,33,37)(H,34,39)/t27-,28-/m1/s1. The van der Waals surface area contributed by atoms with Crippen LogP contribution in [0.5, 0.6) is 5.75 Å². The van der Waals surface area contributed by atoms with Gasteiger partial charge in [-0.25, -0.2) is 0 Å². The molecule has 0 radical (unpaired) electrons. The molecule has 1 saturated heterocycles. The van der Waals surface area contributed by atoms with Crippen LogP contribution < -0.4 is 20.3 Å². The summed E-state index contributed by atoms with van der Waals surface area (Å²) < 4.78 is 7.61. The summed E-state index contributed by atoms with van der Waals surface area (Å²) in [5.41, 5.74) is 6.14. The zero-order valence-corrected chi connectivity index (χ0v) is 24.2. The van der Waals surface area contributed by atoms with Gasteiger partial charge in [0, 0.05) is 35.2 Å². The Balaban J connectivity index is 1.69. The molecule has 39 heavy (non-hydrogen) atoms. The molecule has 1 aliphatic rings. The third-order valence-electron chi connectivity index (χ3n) is 6.81. The van der Waals surface area contributed by atoms with Crippen LogP contribution in [0.25, 0.3) is 5.69 Å². The van der Waals surface area contributed by atoms with Gasteiger partial charge in [-0.05, 0) is 86.2 Å². The van der Waals surface area contributed by atoms with E-state index in [1.54, 1.807) is 19.4 Å². The molecular weight excluding hydrogens is 553 g/mol. The molecule has 2 N–H and O–H groups in total. The van der Waals surface area contributed by atoms with Crippen LogP contribution in [0.1, 0.15) is 41.7 Å². The highest BCUT2D eigenvalue weighted by atomic mass is 35.5. The maximum absolute atomic E-state index is 11.9. The lowest BCUT2D eigenvalue weighted by Crippen LogP contribution is -2.29. The summed E-state index contributed by atoms with van der Waals surface area (Å²) in [6, 6.07) is 18.6. The summed E-state index contributed by atoms with van der Waals surface area (Å²) in [7, 11) is 1.57. The van der Waals surface area contributed by atoms with Crippen molar-refractivity contribution in [2.75, 3.05) is 17.3 Å². The Morgan fingerprint density at radius 1 is 1.10 bits per heavy atom. The van der Waals surface area contributed by atoms with Gasteiger partial charge in [0.15, 0.2) is 5.11 Å². The summed E-state index contributed by atoms with van der Waals surface area (Å²) in [5, 5.41) is 8.04. The van der Waals surface area contributed by atoms with E-state index in [1.165, 1.54) is 6.92 Å². The summed E-state index contributed by atoms with van der Waals surface area (Å²) >= 11 is 18.7. The summed E-state index contributed by atoms with van der Waals surface area (Å²) in [4.78, 5) is 18.6. The number of halogens is 2. The number of carbonyl (C=O) groups is 1. The van der Waals surface area contributed by atoms with Crippen molar-refractivity contribution in [3.63, 3.8) is 0 Å². The predicted octanol–water partition coefficient (Wildman–Crippen LogP) is 6.94. The first-order valence-electron chi connectivity index (χ1n) is 12.3. The molecule has 4 aromatic rings. The molecule has 0 bridgehead atoms. The normalized spacial score (nSPS) is 16.8. The summed E-state index contributed by atoms with van der Waals surface area (Å²) in [6.45, 7) is 5.58. The van der Waals surface area contributed by atoms with Crippen molar-refractivity contribution in [3.05, 3.63) is 99.6 Å². The van der Waals surface area contributed by atoms with E-state index in [9.17, 15) is 4.79 Å². The number of aromatic nitrogens is 2. The highest BCUT2D eigenvalue weighted by molar-refractivity contribution is 7.80. The van der Waals surface area contributed by atoms with Crippen LogP contribution in [0.4, 0.5) is 11.4 Å². The average Bonchev–Trinajstić information content (AvgIpc) is 3.39. The zero-order valence-electron chi connectivity index (χ0n) is 21.8. The molecule has 2 aromatic carbocycles. The molecule has 1 aliphatic heterocycles. The number of anilines is 2. The predicted molar refractivity (Wildman–Crippen MR) is 160 cm³/mol. The highest BCUT2D eigenvalue weighted by Crippen LogP contribution is 2.45. The number of thiocarbonyl (C=S) groups is 1. The number of amides is 1. The van der Waals surface area contributed by atoms with Crippen LogP contribution in [0, 0.1) is 13.8 Å². The number of pyridine rings is 1. The van der Waals surface area contributed by atoms with Gasteiger partial charge in [-0.15, -0.1) is 0 Å². The lowest BCUT2D eigenvalue weighted by molar-refractivity contribution is -0.114. The maximum Gasteiger partial charge on any atom is 0.221 e. The zero-order chi connectivity index (χ0) is 27.8. The third kappa shape index (κ3) is 5.07. The monoisotopic (exact) mass is 579 g/mol. The van der Waals surface area contributed by atoms with Crippen LogP contribution in [-0.2, 0) is 4.79 Å². The Morgan fingerprint density at radius 2 is 1.90 bits per heavy atom. The van der Waals surface area contributed by atoms with Crippen LogP contribution in [-0.4, -0.2) is 27.7 Å². The summed E-state index contributed by atoms with van der Waals surface area (Å²) in [6.07, 6.45) is 1.78. The molecule has 1 amide bonds. The first-order valence-corrected chi connectivity index (χ1v) is 13.5. The number of carbonyl (C=O) groups excluding carboxylic acids is 1. The van der Waals surface area contributed by atoms with Crippen molar-refractivity contribution >= 4 is 57.8 Å². The van der Waals surface area contributed by atoms with Gasteiger partial charge in [0.1, 0.15) is 5.75 Å². The van der Waals surface area contributed by atoms with Gasteiger partial charge in [0.05, 0.1) is 41.3 Å². The Hall–Kier alpha value is -3.59. The molecule has 2 atom stereocenters. The van der Waals surface area contributed by atoms with Crippen LogP contribution in [0.15, 0.2) is 66.9 Å². The van der Waals surface area contributed by atoms with Crippen LogP contribution >= 0.6 is 35.4 Å². The number of methoxy groups -OCH3 is 1. The van der Waals surface area contributed by atoms with Crippen molar-refractivity contribution in [3.8, 4) is 11.4 Å². The van der Waals surface area contributed by atoms with Crippen molar-refractivity contribution in [1.82, 2.24) is 14.9 Å². The maximum atomic E-state index is 11.9. The number of aryl methyl sites for hydroxylation is 1. The van der Waals surface area contributed by atoms with Gasteiger partial charge in [0.2, 0.25) is 5.91 Å². The van der Waals surface area contributed by atoms with Gasteiger partial charge in [-0.3, -0.25) is 9.78 Å².